The molecule has 0 bridgehead atoms. The largest absolute Gasteiger partial charge is 0.394 e. The second-order valence-electron chi connectivity index (χ2n) is 6.46. The van der Waals surface area contributed by atoms with Crippen molar-refractivity contribution in [1.29, 1.82) is 0 Å². The van der Waals surface area contributed by atoms with Crippen molar-refractivity contribution in [3.05, 3.63) is 35.4 Å². The van der Waals surface area contributed by atoms with Crippen molar-refractivity contribution in [1.82, 2.24) is 0 Å². The molecular weight excluding hydrogens is 290 g/mol. The first-order valence-corrected chi connectivity index (χ1v) is 8.67. The number of hydrogen-bond donors (Lipinski definition) is 3. The van der Waals surface area contributed by atoms with Gasteiger partial charge >= 0.3 is 0 Å². The SMILES string of the molecule is CCCCCCC(=O)c1ccc(CCCC(N)(CO)CO)cc1. The summed E-state index contributed by atoms with van der Waals surface area (Å²) in [6.45, 7) is 1.74. The van der Waals surface area contributed by atoms with E-state index in [2.05, 4.69) is 6.92 Å². The summed E-state index contributed by atoms with van der Waals surface area (Å²) >= 11 is 0. The number of aliphatic hydroxyl groups is 2. The molecule has 0 aliphatic heterocycles. The van der Waals surface area contributed by atoms with Crippen LogP contribution >= 0.6 is 0 Å². The maximum atomic E-state index is 12.1. The molecule has 1 aromatic rings. The molecule has 0 spiro atoms. The highest BCUT2D eigenvalue weighted by Gasteiger charge is 2.22. The zero-order valence-corrected chi connectivity index (χ0v) is 14.3. The van der Waals surface area contributed by atoms with E-state index < -0.39 is 5.54 Å². The first-order chi connectivity index (χ1) is 11.0. The van der Waals surface area contributed by atoms with Gasteiger partial charge in [-0.2, -0.15) is 0 Å². The number of nitrogens with two attached hydrogens (primary N) is 1. The van der Waals surface area contributed by atoms with Crippen molar-refractivity contribution >= 4 is 5.78 Å². The van der Waals surface area contributed by atoms with E-state index in [0.717, 1.165) is 36.8 Å². The second kappa shape index (κ2) is 10.5. The third-order valence-electron chi connectivity index (χ3n) is 4.30. The Morgan fingerprint density at radius 3 is 2.26 bits per heavy atom. The minimum absolute atomic E-state index is 0.213. The van der Waals surface area contributed by atoms with E-state index in [0.29, 0.717) is 12.8 Å². The van der Waals surface area contributed by atoms with Crippen LogP contribution in [-0.4, -0.2) is 34.7 Å². The fourth-order valence-electron chi connectivity index (χ4n) is 2.57. The molecule has 0 saturated carbocycles. The minimum Gasteiger partial charge on any atom is -0.394 e. The highest BCUT2D eigenvalue weighted by Crippen LogP contribution is 2.15. The number of unbranched alkanes of at least 4 members (excludes halogenated alkanes) is 3. The standard InChI is InChI=1S/C19H31NO3/c1-2-3-4-5-8-18(23)17-11-9-16(10-12-17)7-6-13-19(20,14-21)15-22/h9-12,21-22H,2-8,13-15,20H2,1H3. The van der Waals surface area contributed by atoms with Crippen molar-refractivity contribution < 1.29 is 15.0 Å². The van der Waals surface area contributed by atoms with Gasteiger partial charge in [-0.3, -0.25) is 4.79 Å². The number of ketones is 1. The Morgan fingerprint density at radius 1 is 1.04 bits per heavy atom. The van der Waals surface area contributed by atoms with Crippen molar-refractivity contribution in [2.45, 2.75) is 63.8 Å². The molecule has 0 radical (unpaired) electrons. The van der Waals surface area contributed by atoms with Gasteiger partial charge in [0, 0.05) is 12.0 Å². The fraction of sp³-hybridized carbons (Fsp3) is 0.632. The lowest BCUT2D eigenvalue weighted by Crippen LogP contribution is -2.47. The number of aryl methyl sites for hydroxylation is 1. The number of carbonyl (C=O) groups excluding carboxylic acids is 1. The van der Waals surface area contributed by atoms with Crippen molar-refractivity contribution in [2.75, 3.05) is 13.2 Å². The Balaban J connectivity index is 2.39. The van der Waals surface area contributed by atoms with E-state index in [9.17, 15) is 4.79 Å². The smallest absolute Gasteiger partial charge is 0.162 e. The molecule has 4 N–H and O–H groups in total. The van der Waals surface area contributed by atoms with Gasteiger partial charge in [0.25, 0.3) is 0 Å². The number of benzene rings is 1. The molecule has 0 saturated heterocycles. The molecule has 0 unspecified atom stereocenters. The van der Waals surface area contributed by atoms with Crippen LogP contribution in [0, 0.1) is 0 Å². The van der Waals surface area contributed by atoms with Crippen LogP contribution in [0.2, 0.25) is 0 Å². The van der Waals surface area contributed by atoms with Gasteiger partial charge in [0.1, 0.15) is 0 Å². The third-order valence-corrected chi connectivity index (χ3v) is 4.30. The van der Waals surface area contributed by atoms with E-state index in [1.807, 2.05) is 24.3 Å². The van der Waals surface area contributed by atoms with Crippen LogP contribution in [0.5, 0.6) is 0 Å². The monoisotopic (exact) mass is 321 g/mol. The second-order valence-corrected chi connectivity index (χ2v) is 6.46. The summed E-state index contributed by atoms with van der Waals surface area (Å²) in [6.07, 6.45) is 7.27. The average molecular weight is 321 g/mol. The number of aliphatic hydroxyl groups excluding tert-OH is 2. The molecule has 23 heavy (non-hydrogen) atoms. The molecule has 0 heterocycles. The first-order valence-electron chi connectivity index (χ1n) is 8.67. The Hall–Kier alpha value is -1.23. The van der Waals surface area contributed by atoms with Gasteiger partial charge in [-0.05, 0) is 31.2 Å². The van der Waals surface area contributed by atoms with E-state index >= 15 is 0 Å². The van der Waals surface area contributed by atoms with Crippen LogP contribution in [0.15, 0.2) is 24.3 Å². The topological polar surface area (TPSA) is 83.6 Å². The summed E-state index contributed by atoms with van der Waals surface area (Å²) in [5.74, 6) is 0.217. The molecule has 0 amide bonds. The number of Topliss-reactive ketones (excluding diaryl/α,β-unsaturated/α-hetero) is 1. The molecule has 4 nitrogen and oxygen atoms in total. The van der Waals surface area contributed by atoms with E-state index in [1.54, 1.807) is 0 Å². The maximum Gasteiger partial charge on any atom is 0.162 e. The molecule has 0 aromatic heterocycles. The molecule has 1 rings (SSSR count). The van der Waals surface area contributed by atoms with Crippen LogP contribution in [0.3, 0.4) is 0 Å². The Kier molecular flexibility index (Phi) is 9.07. The normalized spacial score (nSPS) is 11.7. The van der Waals surface area contributed by atoms with Crippen molar-refractivity contribution in [3.63, 3.8) is 0 Å². The lowest BCUT2D eigenvalue weighted by Gasteiger charge is -2.24. The molecule has 0 atom stereocenters. The van der Waals surface area contributed by atoms with E-state index in [-0.39, 0.29) is 19.0 Å². The average Bonchev–Trinajstić information content (AvgIpc) is 2.59. The molecular formula is C19H31NO3. The van der Waals surface area contributed by atoms with Crippen molar-refractivity contribution in [2.24, 2.45) is 5.73 Å². The summed E-state index contributed by atoms with van der Waals surface area (Å²) < 4.78 is 0. The summed E-state index contributed by atoms with van der Waals surface area (Å²) in [5.41, 5.74) is 6.88. The van der Waals surface area contributed by atoms with Gasteiger partial charge in [-0.25, -0.2) is 0 Å². The van der Waals surface area contributed by atoms with Gasteiger partial charge in [0.05, 0.1) is 18.8 Å². The van der Waals surface area contributed by atoms with Gasteiger partial charge < -0.3 is 15.9 Å². The minimum atomic E-state index is -0.894. The maximum absolute atomic E-state index is 12.1. The lowest BCUT2D eigenvalue weighted by molar-refractivity contribution is 0.0979. The van der Waals surface area contributed by atoms with Gasteiger partial charge in [0.2, 0.25) is 0 Å². The molecule has 0 aliphatic rings. The lowest BCUT2D eigenvalue weighted by atomic mass is 9.94. The molecule has 0 fully saturated rings. The Bertz CT molecular complexity index is 452. The Labute approximate surface area is 139 Å². The zero-order valence-electron chi connectivity index (χ0n) is 14.3. The molecule has 0 aliphatic carbocycles. The first kappa shape index (κ1) is 19.8. The summed E-state index contributed by atoms with van der Waals surface area (Å²) in [7, 11) is 0. The van der Waals surface area contributed by atoms with Crippen molar-refractivity contribution in [3.8, 4) is 0 Å². The summed E-state index contributed by atoms with van der Waals surface area (Å²) in [5, 5.41) is 18.3. The highest BCUT2D eigenvalue weighted by molar-refractivity contribution is 5.96. The van der Waals surface area contributed by atoms with Gasteiger partial charge in [-0.1, -0.05) is 50.5 Å². The van der Waals surface area contributed by atoms with Crippen LogP contribution in [0.25, 0.3) is 0 Å². The highest BCUT2D eigenvalue weighted by atomic mass is 16.3. The van der Waals surface area contributed by atoms with Gasteiger partial charge in [-0.15, -0.1) is 0 Å². The molecule has 4 heteroatoms. The van der Waals surface area contributed by atoms with E-state index in [1.165, 1.54) is 12.8 Å². The van der Waals surface area contributed by atoms with E-state index in [4.69, 9.17) is 15.9 Å². The predicted molar refractivity (Wildman–Crippen MR) is 93.6 cm³/mol. The van der Waals surface area contributed by atoms with Crippen LogP contribution in [0.4, 0.5) is 0 Å². The Morgan fingerprint density at radius 2 is 1.70 bits per heavy atom. The summed E-state index contributed by atoms with van der Waals surface area (Å²) in [4.78, 5) is 12.1. The quantitative estimate of drug-likeness (QED) is 0.408. The fourth-order valence-corrected chi connectivity index (χ4v) is 2.57. The zero-order chi connectivity index (χ0) is 17.1. The molecule has 130 valence electrons. The number of carbonyl (C=O) groups is 1. The molecule has 1 aromatic carbocycles. The van der Waals surface area contributed by atoms with Gasteiger partial charge in [0.15, 0.2) is 5.78 Å². The van der Waals surface area contributed by atoms with Crippen LogP contribution in [-0.2, 0) is 6.42 Å². The summed E-state index contributed by atoms with van der Waals surface area (Å²) in [6, 6.07) is 7.75. The number of hydrogen-bond acceptors (Lipinski definition) is 4. The number of rotatable bonds is 12. The predicted octanol–water partition coefficient (Wildman–Crippen LogP) is 2.84. The van der Waals surface area contributed by atoms with Crippen LogP contribution in [0.1, 0.15) is 67.8 Å². The van der Waals surface area contributed by atoms with Crippen LogP contribution < -0.4 is 5.73 Å². The third kappa shape index (κ3) is 7.25.